The summed E-state index contributed by atoms with van der Waals surface area (Å²) in [7, 11) is -4.45. The van der Waals surface area contributed by atoms with Crippen LogP contribution in [0.25, 0.3) is 121 Å². The largest absolute Gasteiger partial charge is 0.491 e. The van der Waals surface area contributed by atoms with E-state index in [0.29, 0.717) is 11.1 Å². The average Bonchev–Trinajstić information content (AvgIpc) is 1.05. The van der Waals surface area contributed by atoms with Gasteiger partial charge in [-0.2, -0.15) is 0 Å². The molecule has 0 N–H and O–H groups in total. The molecule has 148 heavy (non-hydrogen) atoms. The van der Waals surface area contributed by atoms with E-state index in [4.69, 9.17) is 18.9 Å². The fraction of sp³-hybridized carbons (Fsp3) is 0.169. The van der Waals surface area contributed by atoms with Gasteiger partial charge in [0.15, 0.2) is 16.1 Å². The van der Waals surface area contributed by atoms with Crippen molar-refractivity contribution in [3.8, 4) is 101 Å². The predicted octanol–water partition coefficient (Wildman–Crippen LogP) is 34.6. The van der Waals surface area contributed by atoms with Gasteiger partial charge >= 0.3 is 0 Å². The summed E-state index contributed by atoms with van der Waals surface area (Å²) in [6.07, 6.45) is 0.725. The minimum Gasteiger partial charge on any atom is -0.491 e. The lowest BCUT2D eigenvalue weighted by molar-refractivity contribution is 0.242. The Morgan fingerprint density at radius 2 is 0.473 bits per heavy atom. The first-order valence-corrected chi connectivity index (χ1v) is 56.8. The van der Waals surface area contributed by atoms with E-state index < -0.39 is 16.1 Å². The number of ether oxygens (including phenoxy) is 4. The van der Waals surface area contributed by atoms with E-state index in [2.05, 4.69) is 556 Å². The number of fused-ring (bicyclic) bond motifs is 10. The van der Waals surface area contributed by atoms with Gasteiger partial charge in [0.25, 0.3) is 0 Å². The van der Waals surface area contributed by atoms with Gasteiger partial charge in [0.2, 0.25) is 0 Å². The van der Waals surface area contributed by atoms with E-state index >= 15 is 0 Å². The number of para-hydroxylation sites is 1. The maximum atomic E-state index is 6.19. The quantitative estimate of drug-likeness (QED) is 0.0531. The number of hydrogen-bond acceptors (Lipinski definition) is 4. The minimum atomic E-state index is -2.33. The number of hydrogen-bond donors (Lipinski definition) is 0. The maximum absolute atomic E-state index is 6.19. The fourth-order valence-corrected chi connectivity index (χ4v) is 33.0. The topological polar surface area (TPSA) is 36.9 Å². The Labute approximate surface area is 880 Å². The van der Waals surface area contributed by atoms with Crippen molar-refractivity contribution in [3.63, 3.8) is 0 Å². The van der Waals surface area contributed by atoms with E-state index in [1.54, 1.807) is 0 Å². The summed E-state index contributed by atoms with van der Waals surface area (Å²) in [5.74, 6) is 3.76. The van der Waals surface area contributed by atoms with Crippen LogP contribution in [0.3, 0.4) is 0 Å². The molecule has 0 fully saturated rings. The van der Waals surface area contributed by atoms with Crippen molar-refractivity contribution in [2.24, 2.45) is 0 Å². The van der Waals surface area contributed by atoms with Gasteiger partial charge in [-0.05, 0) is 284 Å². The number of benzene rings is 21. The molecular weight excluding hydrogens is 1830 g/mol. The molecule has 21 aromatic carbocycles. The van der Waals surface area contributed by atoms with Crippen LogP contribution < -0.4 is 50.1 Å². The second kappa shape index (κ2) is 45.9. The first-order chi connectivity index (χ1) is 71.9. The minimum absolute atomic E-state index is 0.0220. The van der Waals surface area contributed by atoms with Crippen molar-refractivity contribution in [1.82, 2.24) is 0 Å². The van der Waals surface area contributed by atoms with E-state index in [9.17, 15) is 0 Å². The summed E-state index contributed by atoms with van der Waals surface area (Å²) in [6, 6.07) is 179. The van der Waals surface area contributed by atoms with Crippen LogP contribution in [0.15, 0.2) is 497 Å². The van der Waals surface area contributed by atoms with Crippen LogP contribution >= 0.6 is 0 Å². The maximum Gasteiger partial charge on any atom is 0.152 e. The average molecular weight is 1960 g/mol. The summed E-state index contributed by atoms with van der Waals surface area (Å²) in [6.45, 7) is 35.3. The van der Waals surface area contributed by atoms with Gasteiger partial charge in [-0.1, -0.05) is 498 Å². The molecule has 21 aromatic rings. The highest BCUT2D eigenvalue weighted by Crippen LogP contribution is 2.53. The van der Waals surface area contributed by atoms with E-state index in [1.165, 1.54) is 163 Å². The third-order valence-electron chi connectivity index (χ3n) is 29.2. The van der Waals surface area contributed by atoms with Crippen LogP contribution in [-0.4, -0.2) is 40.6 Å². The second-order valence-electron chi connectivity index (χ2n) is 41.7. The normalized spacial score (nSPS) is 12.4. The summed E-state index contributed by atoms with van der Waals surface area (Å²) in [5, 5.41) is 19.5. The molecule has 2 aliphatic carbocycles. The molecule has 2 aliphatic rings. The summed E-state index contributed by atoms with van der Waals surface area (Å²) < 4.78 is 23.6. The van der Waals surface area contributed by atoms with Gasteiger partial charge in [0.1, 0.15) is 23.0 Å². The van der Waals surface area contributed by atoms with Crippen LogP contribution in [0.1, 0.15) is 133 Å². The third-order valence-corrected chi connectivity index (χ3v) is 40.1. The molecule has 0 spiro atoms. The summed E-state index contributed by atoms with van der Waals surface area (Å²) in [5.41, 5.74) is 24.2. The van der Waals surface area contributed by atoms with Crippen molar-refractivity contribution in [2.45, 2.75) is 157 Å². The Morgan fingerprint density at radius 1 is 0.176 bits per heavy atom. The molecule has 0 aliphatic heterocycles. The number of rotatable bonds is 21. The Kier molecular flexibility index (Phi) is 31.8. The van der Waals surface area contributed by atoms with Gasteiger partial charge in [-0.15, -0.1) is 0 Å². The third kappa shape index (κ3) is 22.0. The van der Waals surface area contributed by atoms with Crippen molar-refractivity contribution in [3.05, 3.63) is 520 Å². The van der Waals surface area contributed by atoms with Crippen molar-refractivity contribution < 1.29 is 18.9 Å². The van der Waals surface area contributed by atoms with Crippen LogP contribution in [0.4, 0.5) is 0 Å². The standard InChI is InChI=1S/C29H26Si.C25H24Si.2C24H24O.C21H20O.C19H18O/c1-22(2)30(25-16-4-3-5-17-25,28-20-10-14-23-12-6-8-18-26(23)28)29-21-11-15-24-13-7-9-19-27(24)29;1-20(2)26(23-13-5-3-6-14-23,24-15-7-4-8-16-24)25-18-17-21-11-9-10-12-22(21)19-25;1-16(2)25-19-12-9-17(10-13-19)18-11-14-21-20-7-5-6-8-22(20)24(3,4)23(21)15-18;1-16(2)25-19-11-13-21-20-12-10-18(17-8-6-5-7-9-17)14-22(20)24(3,4)23(21)15-19;1-16(2)22-21-19(17-10-5-3-6-11-17)14-9-15-20(21)18-12-7-4-8-13-18;1-14(2)20-19-11-10-17-12-16(8-9-18(17)13-19)15-6-4-3-5-7-15/h3-22H,1-2H3;3-20H,1-2H3;2*5-16H,1-4H3;3-16H,1-2H3;3-14H,1-2H3. The highest BCUT2D eigenvalue weighted by Gasteiger charge is 2.46. The van der Waals surface area contributed by atoms with Gasteiger partial charge in [0, 0.05) is 22.0 Å². The molecule has 0 bridgehead atoms. The molecule has 0 heterocycles. The molecule has 6 heteroatoms. The van der Waals surface area contributed by atoms with Crippen molar-refractivity contribution >= 4 is 90.4 Å². The molecule has 0 saturated heterocycles. The lowest BCUT2D eigenvalue weighted by atomic mass is 9.81. The highest BCUT2D eigenvalue weighted by atomic mass is 28.3. The van der Waals surface area contributed by atoms with Gasteiger partial charge in [-0.3, -0.25) is 0 Å². The van der Waals surface area contributed by atoms with Crippen LogP contribution in [0, 0.1) is 0 Å². The zero-order valence-electron chi connectivity index (χ0n) is 88.4. The van der Waals surface area contributed by atoms with E-state index in [-0.39, 0.29) is 35.2 Å². The smallest absolute Gasteiger partial charge is 0.152 e. The first-order valence-electron chi connectivity index (χ1n) is 52.7. The van der Waals surface area contributed by atoms with Crippen LogP contribution in [0.5, 0.6) is 23.0 Å². The lowest BCUT2D eigenvalue weighted by Crippen LogP contribution is -2.69. The Morgan fingerprint density at radius 3 is 0.946 bits per heavy atom. The Hall–Kier alpha value is -15.7. The molecule has 23 rings (SSSR count). The van der Waals surface area contributed by atoms with Crippen LogP contribution in [0.2, 0.25) is 11.1 Å². The lowest BCUT2D eigenvalue weighted by Gasteiger charge is -2.39. The zero-order valence-corrected chi connectivity index (χ0v) is 90.4. The molecule has 4 nitrogen and oxygen atoms in total. The molecular formula is C142H136O4Si2. The first kappa shape index (κ1) is 102. The molecule has 0 unspecified atom stereocenters. The van der Waals surface area contributed by atoms with Gasteiger partial charge < -0.3 is 18.9 Å². The SMILES string of the molecule is CC(C)Oc1c(-c2ccccc2)cccc1-c1ccccc1.CC(C)Oc1ccc(-c2ccc3c(c2)C(C)(C)c2ccccc2-3)cc1.CC(C)Oc1ccc2c(c1)C(C)(C)c1cc(-c3ccccc3)ccc1-2.CC(C)Oc1ccc2cc(-c3ccccc3)ccc2c1.CC(C)[Si](c1ccccc1)(c1cccc2ccccc12)c1cccc2ccccc12.CC(C)[Si](c1ccccc1)(c1ccccc1)c1ccc2ccccc2c1. The molecule has 0 atom stereocenters. The summed E-state index contributed by atoms with van der Waals surface area (Å²) >= 11 is 0. The van der Waals surface area contributed by atoms with Crippen LogP contribution in [-0.2, 0) is 10.8 Å². The monoisotopic (exact) mass is 1960 g/mol. The Balaban J connectivity index is 0.000000117. The van der Waals surface area contributed by atoms with Crippen molar-refractivity contribution in [2.75, 3.05) is 0 Å². The van der Waals surface area contributed by atoms with E-state index in [1.807, 2.05) is 52.0 Å². The zero-order chi connectivity index (χ0) is 103. The molecule has 0 saturated carbocycles. The second-order valence-corrected chi connectivity index (χ2v) is 50.7. The van der Waals surface area contributed by atoms with E-state index in [0.717, 1.165) is 34.1 Å². The molecule has 0 amide bonds. The highest BCUT2D eigenvalue weighted by molar-refractivity contribution is 7.14. The molecule has 0 radical (unpaired) electrons. The summed E-state index contributed by atoms with van der Waals surface area (Å²) in [4.78, 5) is 0. The predicted molar refractivity (Wildman–Crippen MR) is 639 cm³/mol. The van der Waals surface area contributed by atoms with Crippen molar-refractivity contribution in [1.29, 1.82) is 0 Å². The van der Waals surface area contributed by atoms with Gasteiger partial charge in [-0.25, -0.2) is 0 Å². The van der Waals surface area contributed by atoms with Gasteiger partial charge in [0.05, 0.1) is 24.4 Å². The molecule has 736 valence electrons. The Bertz CT molecular complexity index is 7870. The molecule has 0 aromatic heterocycles. The fourth-order valence-electron chi connectivity index (χ4n) is 22.3.